The number of halogens is 2. The summed E-state index contributed by atoms with van der Waals surface area (Å²) in [7, 11) is 0. The van der Waals surface area contributed by atoms with E-state index in [2.05, 4.69) is 10.3 Å². The summed E-state index contributed by atoms with van der Waals surface area (Å²) in [6, 6.07) is 9.50. The first kappa shape index (κ1) is 14.3. The molecule has 1 aromatic carbocycles. The van der Waals surface area contributed by atoms with E-state index in [0.717, 1.165) is 6.20 Å². The second-order valence-electron chi connectivity index (χ2n) is 4.49. The van der Waals surface area contributed by atoms with Crippen LogP contribution in [0.3, 0.4) is 0 Å². The van der Waals surface area contributed by atoms with E-state index in [0.29, 0.717) is 16.4 Å². The van der Waals surface area contributed by atoms with Gasteiger partial charge in [0.2, 0.25) is 5.91 Å². The Hall–Kier alpha value is -2.14. The molecule has 0 aliphatic carbocycles. The molecular weight excluding hydrogens is 281 g/mol. The average Bonchev–Trinajstić information content (AvgIpc) is 2.39. The highest BCUT2D eigenvalue weighted by atomic mass is 35.5. The summed E-state index contributed by atoms with van der Waals surface area (Å²) in [6.45, 7) is 1.58. The Bertz CT molecular complexity index is 633. The molecule has 6 heteroatoms. The SMILES string of the molecule is CC(Nc1cccc(Cl)c1)(C(N)=O)c1ccc(F)cn1. The van der Waals surface area contributed by atoms with Crippen molar-refractivity contribution in [2.75, 3.05) is 5.32 Å². The van der Waals surface area contributed by atoms with Gasteiger partial charge >= 0.3 is 0 Å². The zero-order valence-corrected chi connectivity index (χ0v) is 11.5. The number of aromatic nitrogens is 1. The van der Waals surface area contributed by atoms with Crippen molar-refractivity contribution in [1.29, 1.82) is 0 Å². The fraction of sp³-hybridized carbons (Fsp3) is 0.143. The van der Waals surface area contributed by atoms with Gasteiger partial charge in [-0.3, -0.25) is 9.78 Å². The van der Waals surface area contributed by atoms with Crippen LogP contribution < -0.4 is 11.1 Å². The molecule has 0 fully saturated rings. The van der Waals surface area contributed by atoms with Crippen molar-refractivity contribution in [1.82, 2.24) is 4.98 Å². The molecule has 0 saturated carbocycles. The highest BCUT2D eigenvalue weighted by Crippen LogP contribution is 2.26. The number of primary amides is 1. The predicted octanol–water partition coefficient (Wildman–Crippen LogP) is 2.69. The van der Waals surface area contributed by atoms with Gasteiger partial charge in [0.15, 0.2) is 5.54 Å². The Kier molecular flexibility index (Phi) is 3.90. The molecule has 1 atom stereocenters. The van der Waals surface area contributed by atoms with Gasteiger partial charge in [-0.25, -0.2) is 4.39 Å². The van der Waals surface area contributed by atoms with E-state index < -0.39 is 17.3 Å². The fourth-order valence-corrected chi connectivity index (χ4v) is 1.97. The van der Waals surface area contributed by atoms with Crippen molar-refractivity contribution in [3.8, 4) is 0 Å². The molecule has 104 valence electrons. The van der Waals surface area contributed by atoms with Crippen LogP contribution in [0.2, 0.25) is 5.02 Å². The topological polar surface area (TPSA) is 68.0 Å². The fourth-order valence-electron chi connectivity index (χ4n) is 1.78. The minimum atomic E-state index is -1.27. The number of nitrogens with one attached hydrogen (secondary N) is 1. The summed E-state index contributed by atoms with van der Waals surface area (Å²) in [4.78, 5) is 15.7. The molecular formula is C14H13ClFN3O. The molecule has 1 heterocycles. The molecule has 20 heavy (non-hydrogen) atoms. The van der Waals surface area contributed by atoms with Crippen molar-refractivity contribution < 1.29 is 9.18 Å². The van der Waals surface area contributed by atoms with Gasteiger partial charge in [-0.1, -0.05) is 17.7 Å². The third kappa shape index (κ3) is 2.88. The van der Waals surface area contributed by atoms with Gasteiger partial charge in [-0.2, -0.15) is 0 Å². The molecule has 0 radical (unpaired) electrons. The Balaban J connectivity index is 2.39. The zero-order valence-electron chi connectivity index (χ0n) is 10.7. The molecule has 0 spiro atoms. The van der Waals surface area contributed by atoms with Gasteiger partial charge < -0.3 is 11.1 Å². The Morgan fingerprint density at radius 1 is 1.40 bits per heavy atom. The summed E-state index contributed by atoms with van der Waals surface area (Å²) in [5.74, 6) is -1.11. The maximum Gasteiger partial charge on any atom is 0.249 e. The lowest BCUT2D eigenvalue weighted by Gasteiger charge is -2.28. The average molecular weight is 294 g/mol. The third-order valence-corrected chi connectivity index (χ3v) is 3.19. The number of rotatable bonds is 4. The van der Waals surface area contributed by atoms with Crippen molar-refractivity contribution in [2.24, 2.45) is 5.73 Å². The molecule has 0 aliphatic rings. The van der Waals surface area contributed by atoms with Crippen LogP contribution in [-0.4, -0.2) is 10.9 Å². The second kappa shape index (κ2) is 5.46. The first-order valence-electron chi connectivity index (χ1n) is 5.87. The summed E-state index contributed by atoms with van der Waals surface area (Å²) in [5, 5.41) is 3.51. The number of benzene rings is 1. The van der Waals surface area contributed by atoms with E-state index in [1.165, 1.54) is 12.1 Å². The normalized spacial score (nSPS) is 13.6. The molecule has 1 aromatic heterocycles. The second-order valence-corrected chi connectivity index (χ2v) is 4.92. The summed E-state index contributed by atoms with van der Waals surface area (Å²) in [6.07, 6.45) is 1.04. The number of nitrogens with two attached hydrogens (primary N) is 1. The zero-order chi connectivity index (χ0) is 14.8. The Labute approximate surface area is 120 Å². The quantitative estimate of drug-likeness (QED) is 0.910. The predicted molar refractivity (Wildman–Crippen MR) is 75.8 cm³/mol. The van der Waals surface area contributed by atoms with Gasteiger partial charge in [0.1, 0.15) is 5.82 Å². The highest BCUT2D eigenvalue weighted by Gasteiger charge is 2.34. The molecule has 2 rings (SSSR count). The monoisotopic (exact) mass is 293 g/mol. The number of hydrogen-bond donors (Lipinski definition) is 2. The van der Waals surface area contributed by atoms with Crippen LogP contribution in [0.25, 0.3) is 0 Å². The van der Waals surface area contributed by atoms with Gasteiger partial charge in [-0.05, 0) is 37.3 Å². The smallest absolute Gasteiger partial charge is 0.249 e. The number of nitrogens with zero attached hydrogens (tertiary/aromatic N) is 1. The minimum Gasteiger partial charge on any atom is -0.367 e. The van der Waals surface area contributed by atoms with Gasteiger partial charge in [0.05, 0.1) is 11.9 Å². The molecule has 4 nitrogen and oxygen atoms in total. The van der Waals surface area contributed by atoms with E-state index in [9.17, 15) is 9.18 Å². The van der Waals surface area contributed by atoms with Crippen molar-refractivity contribution in [2.45, 2.75) is 12.5 Å². The van der Waals surface area contributed by atoms with Crippen LogP contribution in [0.15, 0.2) is 42.6 Å². The van der Waals surface area contributed by atoms with Crippen LogP contribution >= 0.6 is 11.6 Å². The summed E-state index contributed by atoms with van der Waals surface area (Å²) >= 11 is 5.90. The molecule has 3 N–H and O–H groups in total. The van der Waals surface area contributed by atoms with E-state index in [1.54, 1.807) is 31.2 Å². The van der Waals surface area contributed by atoms with Crippen LogP contribution in [0.5, 0.6) is 0 Å². The molecule has 0 saturated heterocycles. The highest BCUT2D eigenvalue weighted by molar-refractivity contribution is 6.30. The maximum absolute atomic E-state index is 12.9. The van der Waals surface area contributed by atoms with E-state index in [-0.39, 0.29) is 0 Å². The summed E-state index contributed by atoms with van der Waals surface area (Å²) < 4.78 is 12.9. The van der Waals surface area contributed by atoms with Crippen molar-refractivity contribution >= 4 is 23.2 Å². The maximum atomic E-state index is 12.9. The number of anilines is 1. The summed E-state index contributed by atoms with van der Waals surface area (Å²) in [5.41, 5.74) is 5.13. The lowest BCUT2D eigenvalue weighted by atomic mass is 9.95. The molecule has 0 aliphatic heterocycles. The van der Waals surface area contributed by atoms with Crippen LogP contribution in [0.4, 0.5) is 10.1 Å². The van der Waals surface area contributed by atoms with E-state index >= 15 is 0 Å². The number of carbonyl (C=O) groups is 1. The molecule has 2 aromatic rings. The van der Waals surface area contributed by atoms with Crippen LogP contribution in [0, 0.1) is 5.82 Å². The Morgan fingerprint density at radius 3 is 2.70 bits per heavy atom. The van der Waals surface area contributed by atoms with E-state index in [1.807, 2.05) is 0 Å². The van der Waals surface area contributed by atoms with E-state index in [4.69, 9.17) is 17.3 Å². The van der Waals surface area contributed by atoms with Crippen LogP contribution in [-0.2, 0) is 10.3 Å². The van der Waals surface area contributed by atoms with Crippen molar-refractivity contribution in [3.63, 3.8) is 0 Å². The number of amides is 1. The van der Waals surface area contributed by atoms with Gasteiger partial charge in [-0.15, -0.1) is 0 Å². The van der Waals surface area contributed by atoms with Crippen molar-refractivity contribution in [3.05, 3.63) is 59.1 Å². The number of hydrogen-bond acceptors (Lipinski definition) is 3. The largest absolute Gasteiger partial charge is 0.367 e. The number of pyridine rings is 1. The van der Waals surface area contributed by atoms with Gasteiger partial charge in [0.25, 0.3) is 0 Å². The first-order valence-corrected chi connectivity index (χ1v) is 6.25. The van der Waals surface area contributed by atoms with Gasteiger partial charge in [0, 0.05) is 10.7 Å². The number of carbonyl (C=O) groups excluding carboxylic acids is 1. The Morgan fingerprint density at radius 2 is 2.15 bits per heavy atom. The molecule has 1 amide bonds. The lowest BCUT2D eigenvalue weighted by Crippen LogP contribution is -2.45. The molecule has 1 unspecified atom stereocenters. The lowest BCUT2D eigenvalue weighted by molar-refractivity contribution is -0.122. The van der Waals surface area contributed by atoms with Crippen LogP contribution in [0.1, 0.15) is 12.6 Å². The third-order valence-electron chi connectivity index (χ3n) is 2.95. The minimum absolute atomic E-state index is 0.325. The first-order chi connectivity index (χ1) is 9.41. The molecule has 0 bridgehead atoms. The standard InChI is InChI=1S/C14H13ClFN3O/c1-14(13(17)20,12-6-5-10(16)8-18-12)19-11-4-2-3-9(15)7-11/h2-8,19H,1H3,(H2,17,20).